The molecule has 5 rings (SSSR count). The highest BCUT2D eigenvalue weighted by molar-refractivity contribution is 6.01. The first-order valence-corrected chi connectivity index (χ1v) is 9.28. The van der Waals surface area contributed by atoms with E-state index in [0.29, 0.717) is 0 Å². The lowest BCUT2D eigenvalue weighted by Crippen LogP contribution is -2.15. The molecule has 0 bridgehead atoms. The van der Waals surface area contributed by atoms with Gasteiger partial charge in [-0.3, -0.25) is 9.89 Å². The van der Waals surface area contributed by atoms with Crippen molar-refractivity contribution in [1.82, 2.24) is 25.1 Å². The number of hydrogen-bond donors (Lipinski definition) is 3. The molecule has 1 unspecified atom stereocenters. The second-order valence-electron chi connectivity index (χ2n) is 7.07. The molecule has 7 heteroatoms. The number of H-pyrrole nitrogens is 2. The Bertz CT molecular complexity index is 1390. The molecule has 5 aromatic rings. The molecule has 0 saturated heterocycles. The van der Waals surface area contributed by atoms with Crippen molar-refractivity contribution in [2.24, 2.45) is 0 Å². The van der Waals surface area contributed by atoms with Crippen LogP contribution in [-0.2, 0) is 0 Å². The minimum absolute atomic E-state index is 0.0191. The van der Waals surface area contributed by atoms with Crippen LogP contribution in [0.5, 0.6) is 0 Å². The number of anilines is 1. The number of benzene rings is 2. The summed E-state index contributed by atoms with van der Waals surface area (Å²) in [4.78, 5) is 23.8. The van der Waals surface area contributed by atoms with E-state index in [1.165, 1.54) is 0 Å². The van der Waals surface area contributed by atoms with Crippen LogP contribution in [-0.4, -0.2) is 25.1 Å². The minimum Gasteiger partial charge on any atom is -0.368 e. The third kappa shape index (κ3) is 2.93. The first-order chi connectivity index (χ1) is 14.1. The zero-order chi connectivity index (χ0) is 20.0. The molecule has 0 aliphatic heterocycles. The second-order valence-corrected chi connectivity index (χ2v) is 7.07. The molecule has 0 aliphatic carbocycles. The standard InChI is InChI=1S/C22H18N6O/c1-12(13-5-3-2-4-6-13)16-7-14-8-17-19(9-18(14)26-21(16)29)27-28-20(17)15-10-24-22(23)25-11-15/h2-12H,1H3,(H,26,29)(H,27,28)(H2,23,24,25). The van der Waals surface area contributed by atoms with E-state index in [9.17, 15) is 4.79 Å². The zero-order valence-corrected chi connectivity index (χ0v) is 15.7. The van der Waals surface area contributed by atoms with Crippen molar-refractivity contribution in [2.45, 2.75) is 12.8 Å². The topological polar surface area (TPSA) is 113 Å². The number of nitrogens with one attached hydrogen (secondary N) is 2. The highest BCUT2D eigenvalue weighted by Gasteiger charge is 2.15. The lowest BCUT2D eigenvalue weighted by molar-refractivity contribution is 0.901. The Labute approximate surface area is 165 Å². The van der Waals surface area contributed by atoms with Crippen molar-refractivity contribution in [3.8, 4) is 11.3 Å². The van der Waals surface area contributed by atoms with Crippen LogP contribution in [0.25, 0.3) is 33.1 Å². The Morgan fingerprint density at radius 2 is 1.76 bits per heavy atom. The fraction of sp³-hybridized carbons (Fsp3) is 0.0909. The molecule has 29 heavy (non-hydrogen) atoms. The zero-order valence-electron chi connectivity index (χ0n) is 15.7. The van der Waals surface area contributed by atoms with Crippen LogP contribution in [0.4, 0.5) is 5.95 Å². The number of nitrogens with two attached hydrogens (primary N) is 1. The van der Waals surface area contributed by atoms with Gasteiger partial charge < -0.3 is 10.7 Å². The number of pyridine rings is 1. The fourth-order valence-electron chi connectivity index (χ4n) is 3.66. The lowest BCUT2D eigenvalue weighted by atomic mass is 9.93. The van der Waals surface area contributed by atoms with Crippen molar-refractivity contribution in [1.29, 1.82) is 0 Å². The van der Waals surface area contributed by atoms with E-state index in [4.69, 9.17) is 5.73 Å². The molecule has 0 radical (unpaired) electrons. The summed E-state index contributed by atoms with van der Waals surface area (Å²) >= 11 is 0. The van der Waals surface area contributed by atoms with Gasteiger partial charge >= 0.3 is 0 Å². The SMILES string of the molecule is CC(c1ccccc1)c1cc2cc3c(-c4cnc(N)nc4)n[nH]c3cc2[nH]c1=O. The van der Waals surface area contributed by atoms with E-state index < -0.39 is 0 Å². The summed E-state index contributed by atoms with van der Waals surface area (Å²) in [6, 6.07) is 15.9. The smallest absolute Gasteiger partial charge is 0.252 e. The summed E-state index contributed by atoms with van der Waals surface area (Å²) in [6.07, 6.45) is 3.30. The molecule has 1 atom stereocenters. The first kappa shape index (κ1) is 17.1. The van der Waals surface area contributed by atoms with Crippen molar-refractivity contribution in [3.63, 3.8) is 0 Å². The largest absolute Gasteiger partial charge is 0.368 e. The summed E-state index contributed by atoms with van der Waals surface area (Å²) in [6.45, 7) is 2.04. The molecule has 2 aromatic carbocycles. The molecular weight excluding hydrogens is 364 g/mol. The number of aromatic amines is 2. The first-order valence-electron chi connectivity index (χ1n) is 9.28. The maximum absolute atomic E-state index is 12.7. The van der Waals surface area contributed by atoms with Gasteiger partial charge in [0.15, 0.2) is 0 Å². The quantitative estimate of drug-likeness (QED) is 0.441. The van der Waals surface area contributed by atoms with Gasteiger partial charge in [-0.05, 0) is 29.1 Å². The molecule has 0 fully saturated rings. The third-order valence-corrected chi connectivity index (χ3v) is 5.27. The molecule has 0 saturated carbocycles. The molecule has 3 aromatic heterocycles. The molecule has 4 N–H and O–H groups in total. The summed E-state index contributed by atoms with van der Waals surface area (Å²) in [5.74, 6) is 0.200. The second kappa shape index (κ2) is 6.56. The van der Waals surface area contributed by atoms with Crippen LogP contribution in [0.15, 0.2) is 65.7 Å². The molecule has 7 nitrogen and oxygen atoms in total. The van der Waals surface area contributed by atoms with Crippen LogP contribution >= 0.6 is 0 Å². The highest BCUT2D eigenvalue weighted by Crippen LogP contribution is 2.30. The maximum Gasteiger partial charge on any atom is 0.252 e. The Balaban J connectivity index is 1.68. The van der Waals surface area contributed by atoms with Gasteiger partial charge in [0.2, 0.25) is 5.95 Å². The molecule has 142 valence electrons. The van der Waals surface area contributed by atoms with Gasteiger partial charge in [-0.2, -0.15) is 5.10 Å². The van der Waals surface area contributed by atoms with Gasteiger partial charge in [-0.15, -0.1) is 0 Å². The Kier molecular flexibility index (Phi) is 3.87. The highest BCUT2D eigenvalue weighted by atomic mass is 16.1. The monoisotopic (exact) mass is 382 g/mol. The summed E-state index contributed by atoms with van der Waals surface area (Å²) < 4.78 is 0. The summed E-state index contributed by atoms with van der Waals surface area (Å²) in [5, 5.41) is 9.29. The van der Waals surface area contributed by atoms with Gasteiger partial charge in [0.25, 0.3) is 5.56 Å². The maximum atomic E-state index is 12.7. The van der Waals surface area contributed by atoms with Crippen LogP contribution < -0.4 is 11.3 Å². The fourth-order valence-corrected chi connectivity index (χ4v) is 3.66. The van der Waals surface area contributed by atoms with Crippen molar-refractivity contribution in [3.05, 3.63) is 82.4 Å². The van der Waals surface area contributed by atoms with E-state index in [1.807, 2.05) is 55.5 Å². The van der Waals surface area contributed by atoms with E-state index in [0.717, 1.165) is 44.2 Å². The number of nitrogens with zero attached hydrogens (tertiary/aromatic N) is 3. The van der Waals surface area contributed by atoms with Crippen LogP contribution in [0.1, 0.15) is 24.0 Å². The normalized spacial score (nSPS) is 12.4. The molecular formula is C22H18N6O. The van der Waals surface area contributed by atoms with E-state index in [-0.39, 0.29) is 17.4 Å². The van der Waals surface area contributed by atoms with Crippen LogP contribution in [0, 0.1) is 0 Å². The predicted molar refractivity (Wildman–Crippen MR) is 114 cm³/mol. The number of fused-ring (bicyclic) bond motifs is 2. The Morgan fingerprint density at radius 3 is 2.52 bits per heavy atom. The van der Waals surface area contributed by atoms with E-state index in [1.54, 1.807) is 12.4 Å². The van der Waals surface area contributed by atoms with Crippen LogP contribution in [0.3, 0.4) is 0 Å². The minimum atomic E-state index is -0.0834. The van der Waals surface area contributed by atoms with Crippen molar-refractivity contribution >= 4 is 27.8 Å². The average molecular weight is 382 g/mol. The van der Waals surface area contributed by atoms with E-state index >= 15 is 0 Å². The number of rotatable bonds is 3. The van der Waals surface area contributed by atoms with Gasteiger partial charge in [0, 0.05) is 34.8 Å². The third-order valence-electron chi connectivity index (χ3n) is 5.27. The molecule has 0 aliphatic rings. The van der Waals surface area contributed by atoms with E-state index in [2.05, 4.69) is 25.1 Å². The number of aromatic nitrogens is 5. The van der Waals surface area contributed by atoms with Crippen LogP contribution in [0.2, 0.25) is 0 Å². The molecule has 0 amide bonds. The van der Waals surface area contributed by atoms with Gasteiger partial charge in [0.1, 0.15) is 5.69 Å². The number of hydrogen-bond acceptors (Lipinski definition) is 5. The Hall–Kier alpha value is -4.00. The average Bonchev–Trinajstić information content (AvgIpc) is 3.15. The van der Waals surface area contributed by atoms with Gasteiger partial charge in [0.05, 0.1) is 11.0 Å². The van der Waals surface area contributed by atoms with Gasteiger partial charge in [-0.25, -0.2) is 9.97 Å². The van der Waals surface area contributed by atoms with Crippen molar-refractivity contribution in [2.75, 3.05) is 5.73 Å². The molecule has 3 heterocycles. The van der Waals surface area contributed by atoms with Gasteiger partial charge in [-0.1, -0.05) is 37.3 Å². The number of nitrogen functional groups attached to an aromatic ring is 1. The predicted octanol–water partition coefficient (Wildman–Crippen LogP) is 3.60. The summed E-state index contributed by atoms with van der Waals surface area (Å²) in [5.41, 5.74) is 10.4. The Morgan fingerprint density at radius 1 is 1.00 bits per heavy atom. The lowest BCUT2D eigenvalue weighted by Gasteiger charge is -2.12. The van der Waals surface area contributed by atoms with Crippen molar-refractivity contribution < 1.29 is 0 Å². The summed E-state index contributed by atoms with van der Waals surface area (Å²) in [7, 11) is 0. The molecule has 0 spiro atoms.